The van der Waals surface area contributed by atoms with Crippen LogP contribution in [0.15, 0.2) is 24.3 Å². The van der Waals surface area contributed by atoms with Gasteiger partial charge in [-0.1, -0.05) is 50.5 Å². The van der Waals surface area contributed by atoms with Gasteiger partial charge >= 0.3 is 0 Å². The van der Waals surface area contributed by atoms with Gasteiger partial charge in [-0.05, 0) is 43.4 Å². The van der Waals surface area contributed by atoms with Gasteiger partial charge in [-0.15, -0.1) is 0 Å². The first kappa shape index (κ1) is 15.5. The molecule has 0 radical (unpaired) electrons. The molecule has 1 fully saturated rings. The van der Waals surface area contributed by atoms with Crippen LogP contribution in [0, 0.1) is 0 Å². The summed E-state index contributed by atoms with van der Waals surface area (Å²) in [4.78, 5) is 0. The zero-order valence-corrected chi connectivity index (χ0v) is 12.9. The standard InChI is InChI=1S/C18H29NO/c1-2-3-4-7-14-20-15-17-9-6-5-8-16(17)12-13-19-18-10-11-18/h5-6,8-9,18-19H,2-4,7,10-15H2,1H3. The summed E-state index contributed by atoms with van der Waals surface area (Å²) >= 11 is 0. The lowest BCUT2D eigenvalue weighted by atomic mass is 10.1. The van der Waals surface area contributed by atoms with Gasteiger partial charge in [0.15, 0.2) is 0 Å². The summed E-state index contributed by atoms with van der Waals surface area (Å²) in [6.07, 6.45) is 8.95. The third-order valence-corrected chi connectivity index (χ3v) is 3.92. The Hall–Kier alpha value is -0.860. The Morgan fingerprint density at radius 3 is 2.65 bits per heavy atom. The molecule has 0 unspecified atom stereocenters. The molecule has 1 aliphatic rings. The predicted octanol–water partition coefficient (Wildman–Crippen LogP) is 4.08. The second kappa shape index (κ2) is 9.15. The van der Waals surface area contributed by atoms with Gasteiger partial charge in [-0.25, -0.2) is 0 Å². The van der Waals surface area contributed by atoms with Crippen molar-refractivity contribution in [2.24, 2.45) is 0 Å². The molecule has 1 aromatic carbocycles. The van der Waals surface area contributed by atoms with E-state index in [-0.39, 0.29) is 0 Å². The molecule has 0 amide bonds. The number of hydrogen-bond acceptors (Lipinski definition) is 2. The van der Waals surface area contributed by atoms with Gasteiger partial charge in [-0.3, -0.25) is 0 Å². The lowest BCUT2D eigenvalue weighted by Gasteiger charge is -2.10. The number of nitrogens with one attached hydrogen (secondary N) is 1. The second-order valence-electron chi connectivity index (χ2n) is 5.86. The highest BCUT2D eigenvalue weighted by Crippen LogP contribution is 2.18. The van der Waals surface area contributed by atoms with Crippen molar-refractivity contribution in [3.63, 3.8) is 0 Å². The van der Waals surface area contributed by atoms with Crippen LogP contribution in [-0.2, 0) is 17.8 Å². The van der Waals surface area contributed by atoms with Gasteiger partial charge < -0.3 is 10.1 Å². The molecule has 0 saturated heterocycles. The summed E-state index contributed by atoms with van der Waals surface area (Å²) in [6.45, 7) is 5.01. The lowest BCUT2D eigenvalue weighted by Crippen LogP contribution is -2.19. The van der Waals surface area contributed by atoms with Crippen molar-refractivity contribution in [1.29, 1.82) is 0 Å². The van der Waals surface area contributed by atoms with Crippen LogP contribution in [0.4, 0.5) is 0 Å². The topological polar surface area (TPSA) is 21.3 Å². The van der Waals surface area contributed by atoms with Crippen LogP contribution in [0.1, 0.15) is 56.6 Å². The molecular weight excluding hydrogens is 246 g/mol. The van der Waals surface area contributed by atoms with E-state index in [1.54, 1.807) is 0 Å². The fraction of sp³-hybridized carbons (Fsp3) is 0.667. The zero-order valence-electron chi connectivity index (χ0n) is 12.9. The molecule has 1 N–H and O–H groups in total. The molecule has 2 nitrogen and oxygen atoms in total. The molecule has 0 bridgehead atoms. The molecule has 1 aliphatic carbocycles. The van der Waals surface area contributed by atoms with Gasteiger partial charge in [0.2, 0.25) is 0 Å². The summed E-state index contributed by atoms with van der Waals surface area (Å²) in [5.41, 5.74) is 2.80. The van der Waals surface area contributed by atoms with E-state index >= 15 is 0 Å². The molecule has 0 aromatic heterocycles. The summed E-state index contributed by atoms with van der Waals surface area (Å²) < 4.78 is 5.83. The summed E-state index contributed by atoms with van der Waals surface area (Å²) in [5, 5.41) is 3.58. The summed E-state index contributed by atoms with van der Waals surface area (Å²) in [7, 11) is 0. The maximum absolute atomic E-state index is 5.83. The highest BCUT2D eigenvalue weighted by atomic mass is 16.5. The minimum Gasteiger partial charge on any atom is -0.377 e. The Morgan fingerprint density at radius 1 is 1.10 bits per heavy atom. The van der Waals surface area contributed by atoms with Gasteiger partial charge in [0, 0.05) is 12.6 Å². The lowest BCUT2D eigenvalue weighted by molar-refractivity contribution is 0.116. The average molecular weight is 275 g/mol. The van der Waals surface area contributed by atoms with Crippen LogP contribution in [0.5, 0.6) is 0 Å². The smallest absolute Gasteiger partial charge is 0.0719 e. The molecule has 20 heavy (non-hydrogen) atoms. The van der Waals surface area contributed by atoms with Crippen LogP contribution >= 0.6 is 0 Å². The summed E-state index contributed by atoms with van der Waals surface area (Å²) in [5.74, 6) is 0. The monoisotopic (exact) mass is 275 g/mol. The van der Waals surface area contributed by atoms with Crippen molar-refractivity contribution in [3.8, 4) is 0 Å². The van der Waals surface area contributed by atoms with Gasteiger partial charge in [0.25, 0.3) is 0 Å². The first-order valence-corrected chi connectivity index (χ1v) is 8.28. The van der Waals surface area contributed by atoms with Crippen molar-refractivity contribution < 1.29 is 4.74 Å². The molecule has 1 aromatic rings. The molecule has 2 rings (SSSR count). The van der Waals surface area contributed by atoms with E-state index in [0.29, 0.717) is 0 Å². The Labute approximate surface area is 123 Å². The maximum atomic E-state index is 5.83. The minimum absolute atomic E-state index is 0.770. The van der Waals surface area contributed by atoms with Gasteiger partial charge in [-0.2, -0.15) is 0 Å². The molecule has 0 heterocycles. The number of hydrogen-bond donors (Lipinski definition) is 1. The first-order valence-electron chi connectivity index (χ1n) is 8.28. The molecule has 1 saturated carbocycles. The van der Waals surface area contributed by atoms with Crippen LogP contribution in [0.2, 0.25) is 0 Å². The van der Waals surface area contributed by atoms with E-state index in [0.717, 1.165) is 32.2 Å². The Bertz CT molecular complexity index is 373. The van der Waals surface area contributed by atoms with Crippen molar-refractivity contribution in [3.05, 3.63) is 35.4 Å². The number of benzene rings is 1. The Morgan fingerprint density at radius 2 is 1.90 bits per heavy atom. The quantitative estimate of drug-likeness (QED) is 0.614. The molecule has 112 valence electrons. The van der Waals surface area contributed by atoms with Crippen molar-refractivity contribution >= 4 is 0 Å². The highest BCUT2D eigenvalue weighted by molar-refractivity contribution is 5.26. The third kappa shape index (κ3) is 6.06. The number of unbranched alkanes of at least 4 members (excludes halogenated alkanes) is 3. The molecule has 0 spiro atoms. The predicted molar refractivity (Wildman–Crippen MR) is 85.0 cm³/mol. The molecular formula is C18H29NO. The van der Waals surface area contributed by atoms with Crippen molar-refractivity contribution in [2.45, 2.75) is 64.5 Å². The van der Waals surface area contributed by atoms with E-state index < -0.39 is 0 Å². The zero-order chi connectivity index (χ0) is 14.0. The Balaban J connectivity index is 1.66. The van der Waals surface area contributed by atoms with Crippen LogP contribution in [0.25, 0.3) is 0 Å². The normalized spacial score (nSPS) is 14.7. The number of rotatable bonds is 11. The molecule has 2 heteroatoms. The fourth-order valence-electron chi connectivity index (χ4n) is 2.45. The van der Waals surface area contributed by atoms with E-state index in [9.17, 15) is 0 Å². The third-order valence-electron chi connectivity index (χ3n) is 3.92. The van der Waals surface area contributed by atoms with E-state index in [1.807, 2.05) is 0 Å². The van der Waals surface area contributed by atoms with Crippen molar-refractivity contribution in [2.75, 3.05) is 13.2 Å². The SMILES string of the molecule is CCCCCCOCc1ccccc1CCNC1CC1. The maximum Gasteiger partial charge on any atom is 0.0719 e. The van der Waals surface area contributed by atoms with Crippen LogP contribution in [-0.4, -0.2) is 19.2 Å². The molecule has 0 atom stereocenters. The molecule has 0 aliphatic heterocycles. The first-order chi connectivity index (χ1) is 9.90. The Kier molecular flexibility index (Phi) is 7.10. The van der Waals surface area contributed by atoms with Crippen LogP contribution < -0.4 is 5.32 Å². The minimum atomic E-state index is 0.770. The fourth-order valence-corrected chi connectivity index (χ4v) is 2.45. The largest absolute Gasteiger partial charge is 0.377 e. The number of ether oxygens (including phenoxy) is 1. The second-order valence-corrected chi connectivity index (χ2v) is 5.86. The van der Waals surface area contributed by atoms with E-state index in [2.05, 4.69) is 36.5 Å². The summed E-state index contributed by atoms with van der Waals surface area (Å²) in [6, 6.07) is 9.50. The van der Waals surface area contributed by atoms with Gasteiger partial charge in [0.05, 0.1) is 6.61 Å². The van der Waals surface area contributed by atoms with Gasteiger partial charge in [0.1, 0.15) is 0 Å². The van der Waals surface area contributed by atoms with E-state index in [1.165, 1.54) is 49.7 Å². The highest BCUT2D eigenvalue weighted by Gasteiger charge is 2.19. The van der Waals surface area contributed by atoms with E-state index in [4.69, 9.17) is 4.74 Å². The van der Waals surface area contributed by atoms with Crippen LogP contribution in [0.3, 0.4) is 0 Å². The van der Waals surface area contributed by atoms with Crippen molar-refractivity contribution in [1.82, 2.24) is 5.32 Å². The average Bonchev–Trinajstić information content (AvgIpc) is 3.28.